The molecule has 1 aliphatic heterocycles. The second-order valence-corrected chi connectivity index (χ2v) is 6.26. The van der Waals surface area contributed by atoms with Crippen molar-refractivity contribution < 1.29 is 37.0 Å². The molecular weight excluding hydrogens is 447 g/mol. The van der Waals surface area contributed by atoms with Crippen molar-refractivity contribution in [3.05, 3.63) is 38.5 Å². The first-order valence-corrected chi connectivity index (χ1v) is 8.10. The Hall–Kier alpha value is -1.78. The van der Waals surface area contributed by atoms with Crippen molar-refractivity contribution >= 4 is 45.2 Å². The van der Waals surface area contributed by atoms with E-state index in [0.717, 1.165) is 25.2 Å². The number of benzene rings is 1. The Labute approximate surface area is 159 Å². The minimum Gasteiger partial charge on any atom is -0.466 e. The van der Waals surface area contributed by atoms with E-state index < -0.39 is 23.7 Å². The molecule has 1 aliphatic rings. The van der Waals surface area contributed by atoms with Crippen LogP contribution in [0.15, 0.2) is 27.9 Å². The van der Waals surface area contributed by atoms with Crippen LogP contribution in [0.2, 0.25) is 5.02 Å². The fourth-order valence-corrected chi connectivity index (χ4v) is 3.42. The molecular formula is C15H12BrClF3NO5. The molecule has 0 aliphatic carbocycles. The molecule has 0 spiro atoms. The van der Waals surface area contributed by atoms with Gasteiger partial charge in [0.1, 0.15) is 12.4 Å². The highest BCUT2D eigenvalue weighted by Crippen LogP contribution is 2.42. The highest BCUT2D eigenvalue weighted by atomic mass is 79.9. The van der Waals surface area contributed by atoms with Gasteiger partial charge in [0.05, 0.1) is 42.7 Å². The van der Waals surface area contributed by atoms with Gasteiger partial charge in [-0.3, -0.25) is 0 Å². The molecule has 2 rings (SSSR count). The molecule has 0 radical (unpaired) electrons. The van der Waals surface area contributed by atoms with Gasteiger partial charge in [0.15, 0.2) is 0 Å². The zero-order valence-corrected chi connectivity index (χ0v) is 15.8. The summed E-state index contributed by atoms with van der Waals surface area (Å²) in [5.74, 6) is -1.73. The van der Waals surface area contributed by atoms with E-state index in [1.807, 2.05) is 0 Å². The predicted molar refractivity (Wildman–Crippen MR) is 88.5 cm³/mol. The number of carbonyl (C=O) groups is 2. The van der Waals surface area contributed by atoms with Crippen molar-refractivity contribution in [3.8, 4) is 0 Å². The fourth-order valence-electron chi connectivity index (χ4n) is 2.31. The first-order valence-electron chi connectivity index (χ1n) is 6.93. The normalized spacial score (nSPS) is 15.1. The number of halogens is 5. The van der Waals surface area contributed by atoms with Gasteiger partial charge < -0.3 is 19.1 Å². The lowest BCUT2D eigenvalue weighted by Crippen LogP contribution is -2.39. The molecule has 0 saturated heterocycles. The number of alkyl halides is 3. The van der Waals surface area contributed by atoms with Crippen molar-refractivity contribution in [2.45, 2.75) is 6.18 Å². The van der Waals surface area contributed by atoms with E-state index in [9.17, 15) is 22.8 Å². The van der Waals surface area contributed by atoms with Crippen molar-refractivity contribution in [2.24, 2.45) is 0 Å². The van der Waals surface area contributed by atoms with Crippen LogP contribution in [-0.2, 0) is 30.0 Å². The smallest absolute Gasteiger partial charge is 0.416 e. The Bertz CT molecular complexity index is 758. The molecule has 0 saturated carbocycles. The van der Waals surface area contributed by atoms with Crippen LogP contribution in [0, 0.1) is 0 Å². The number of esters is 2. The summed E-state index contributed by atoms with van der Waals surface area (Å²) in [4.78, 5) is 25.3. The van der Waals surface area contributed by atoms with E-state index >= 15 is 0 Å². The number of hydrogen-bond acceptors (Lipinski definition) is 6. The van der Waals surface area contributed by atoms with Gasteiger partial charge in [-0.25, -0.2) is 9.59 Å². The molecule has 0 unspecified atom stereocenters. The number of hydrogen-bond donors (Lipinski definition) is 0. The molecule has 0 fully saturated rings. The van der Waals surface area contributed by atoms with Crippen LogP contribution in [0.5, 0.6) is 0 Å². The summed E-state index contributed by atoms with van der Waals surface area (Å²) in [7, 11) is 2.21. The SMILES string of the molecule is COC(=O)C1=C(C(=O)OC)N(c2c(Cl)cc(C(F)(F)F)cc2Br)COC1. The number of carbonyl (C=O) groups excluding carboxylic acids is 2. The molecule has 1 aromatic carbocycles. The van der Waals surface area contributed by atoms with Crippen LogP contribution in [-0.4, -0.2) is 39.5 Å². The molecule has 11 heteroatoms. The summed E-state index contributed by atoms with van der Waals surface area (Å²) < 4.78 is 53.3. The Morgan fingerprint density at radius 1 is 1.23 bits per heavy atom. The van der Waals surface area contributed by atoms with Gasteiger partial charge in [-0.15, -0.1) is 0 Å². The minimum atomic E-state index is -4.61. The summed E-state index contributed by atoms with van der Waals surface area (Å²) >= 11 is 9.06. The van der Waals surface area contributed by atoms with Crippen molar-refractivity contribution in [1.29, 1.82) is 0 Å². The molecule has 26 heavy (non-hydrogen) atoms. The lowest BCUT2D eigenvalue weighted by molar-refractivity contribution is -0.140. The van der Waals surface area contributed by atoms with Crippen LogP contribution >= 0.6 is 27.5 Å². The molecule has 142 valence electrons. The van der Waals surface area contributed by atoms with Gasteiger partial charge in [-0.2, -0.15) is 13.2 Å². The van der Waals surface area contributed by atoms with Crippen LogP contribution in [0.25, 0.3) is 0 Å². The Balaban J connectivity index is 2.66. The van der Waals surface area contributed by atoms with Gasteiger partial charge in [0.2, 0.25) is 0 Å². The van der Waals surface area contributed by atoms with Gasteiger partial charge >= 0.3 is 18.1 Å². The zero-order chi connectivity index (χ0) is 19.6. The number of rotatable bonds is 3. The van der Waals surface area contributed by atoms with E-state index in [4.69, 9.17) is 16.3 Å². The highest BCUT2D eigenvalue weighted by molar-refractivity contribution is 9.10. The van der Waals surface area contributed by atoms with E-state index in [1.165, 1.54) is 0 Å². The average Bonchev–Trinajstić information content (AvgIpc) is 2.58. The standard InChI is InChI=1S/C15H12BrClF3NO5/c1-24-13(22)8-5-26-6-21(11(8)14(23)25-2)12-9(16)3-7(4-10(12)17)15(18,19)20/h3-4H,5-6H2,1-2H3. The maximum Gasteiger partial charge on any atom is 0.416 e. The molecule has 0 aromatic heterocycles. The lowest BCUT2D eigenvalue weighted by atomic mass is 10.1. The van der Waals surface area contributed by atoms with Gasteiger partial charge in [-0.05, 0) is 28.1 Å². The summed E-state index contributed by atoms with van der Waals surface area (Å²) in [5, 5.41) is -0.303. The third-order valence-electron chi connectivity index (χ3n) is 3.45. The van der Waals surface area contributed by atoms with E-state index in [1.54, 1.807) is 0 Å². The number of anilines is 1. The lowest BCUT2D eigenvalue weighted by Gasteiger charge is -2.32. The van der Waals surface area contributed by atoms with Crippen molar-refractivity contribution in [2.75, 3.05) is 32.5 Å². The largest absolute Gasteiger partial charge is 0.466 e. The molecule has 0 atom stereocenters. The number of methoxy groups -OCH3 is 2. The Kier molecular flexibility index (Phi) is 6.20. The summed E-state index contributed by atoms with van der Waals surface area (Å²) in [5.41, 5.74) is -1.34. The zero-order valence-electron chi connectivity index (χ0n) is 13.4. The van der Waals surface area contributed by atoms with Crippen LogP contribution in [0.1, 0.15) is 5.56 Å². The van der Waals surface area contributed by atoms with Crippen molar-refractivity contribution in [1.82, 2.24) is 0 Å². The van der Waals surface area contributed by atoms with E-state index in [0.29, 0.717) is 6.07 Å². The monoisotopic (exact) mass is 457 g/mol. The second-order valence-electron chi connectivity index (χ2n) is 5.00. The van der Waals surface area contributed by atoms with E-state index in [-0.39, 0.29) is 39.8 Å². The molecule has 0 N–H and O–H groups in total. The van der Waals surface area contributed by atoms with Gasteiger partial charge in [-0.1, -0.05) is 11.6 Å². The molecule has 1 aromatic rings. The minimum absolute atomic E-state index is 0.0150. The third kappa shape index (κ3) is 3.97. The summed E-state index contributed by atoms with van der Waals surface area (Å²) in [6.45, 7) is -0.474. The molecule has 1 heterocycles. The summed E-state index contributed by atoms with van der Waals surface area (Å²) in [6.07, 6.45) is -4.61. The summed E-state index contributed by atoms with van der Waals surface area (Å²) in [6, 6.07) is 1.52. The van der Waals surface area contributed by atoms with E-state index in [2.05, 4.69) is 25.4 Å². The van der Waals surface area contributed by atoms with Crippen LogP contribution in [0.4, 0.5) is 18.9 Å². The topological polar surface area (TPSA) is 65.1 Å². The van der Waals surface area contributed by atoms with Crippen LogP contribution < -0.4 is 4.90 Å². The second kappa shape index (κ2) is 7.85. The van der Waals surface area contributed by atoms with Crippen molar-refractivity contribution in [3.63, 3.8) is 0 Å². The average molecular weight is 459 g/mol. The predicted octanol–water partition coefficient (Wildman–Crippen LogP) is 3.52. The molecule has 0 bridgehead atoms. The molecule has 0 amide bonds. The maximum absolute atomic E-state index is 12.9. The number of nitrogens with zero attached hydrogens (tertiary/aromatic N) is 1. The molecule has 6 nitrogen and oxygen atoms in total. The Morgan fingerprint density at radius 2 is 1.85 bits per heavy atom. The Morgan fingerprint density at radius 3 is 2.35 bits per heavy atom. The number of ether oxygens (including phenoxy) is 3. The quantitative estimate of drug-likeness (QED) is 0.646. The third-order valence-corrected chi connectivity index (χ3v) is 4.34. The maximum atomic E-state index is 12.9. The first kappa shape index (κ1) is 20.5. The fraction of sp³-hybridized carbons (Fsp3) is 0.333. The first-order chi connectivity index (χ1) is 12.1. The van der Waals surface area contributed by atoms with Gasteiger partial charge in [0.25, 0.3) is 0 Å². The van der Waals surface area contributed by atoms with Crippen LogP contribution in [0.3, 0.4) is 0 Å². The van der Waals surface area contributed by atoms with Gasteiger partial charge in [0, 0.05) is 4.47 Å². The highest BCUT2D eigenvalue weighted by Gasteiger charge is 2.36.